The number of hydrogen-bond donors (Lipinski definition) is 2. The molecule has 40 heavy (non-hydrogen) atoms. The smallest absolute Gasteiger partial charge is 0.410 e. The van der Waals surface area contributed by atoms with E-state index >= 15 is 0 Å². The fraction of sp³-hybridized carbons (Fsp3) is 0.452. The molecule has 3 aromatic rings. The monoisotopic (exact) mass is 583 g/mol. The van der Waals surface area contributed by atoms with E-state index in [4.69, 9.17) is 27.9 Å². The Labute approximate surface area is 244 Å². The number of rotatable bonds is 6. The van der Waals surface area contributed by atoms with Crippen LogP contribution in [0.4, 0.5) is 10.5 Å². The number of hydrogen-bond acceptors (Lipinski definition) is 6. The molecular weight excluding hydrogens is 549 g/mol. The number of phenols is 1. The topological polar surface area (TPSA) is 91.8 Å². The minimum absolute atomic E-state index is 0.0518. The summed E-state index contributed by atoms with van der Waals surface area (Å²) in [5.74, 6) is 0.0226. The number of benzene rings is 2. The first-order valence-electron chi connectivity index (χ1n) is 13.8. The third-order valence-electron chi connectivity index (χ3n) is 7.71. The number of ether oxygens (including phenoxy) is 1. The molecule has 2 aliphatic carbocycles. The van der Waals surface area contributed by atoms with Crippen LogP contribution in [0.25, 0.3) is 22.0 Å². The van der Waals surface area contributed by atoms with Crippen LogP contribution in [-0.4, -0.2) is 51.6 Å². The predicted octanol–water partition coefficient (Wildman–Crippen LogP) is 8.10. The minimum atomic E-state index is -0.535. The number of pyridine rings is 1. The molecule has 0 saturated heterocycles. The lowest BCUT2D eigenvalue weighted by Gasteiger charge is -2.36. The number of nitrogens with one attached hydrogen (secondary N) is 1. The lowest BCUT2D eigenvalue weighted by Crippen LogP contribution is -2.43. The van der Waals surface area contributed by atoms with Gasteiger partial charge in [0.15, 0.2) is 11.5 Å². The van der Waals surface area contributed by atoms with Crippen molar-refractivity contribution in [1.29, 1.82) is 0 Å². The van der Waals surface area contributed by atoms with E-state index in [2.05, 4.69) is 10.3 Å². The highest BCUT2D eigenvalue weighted by Gasteiger charge is 2.34. The van der Waals surface area contributed by atoms with E-state index in [1.807, 2.05) is 39.0 Å². The van der Waals surface area contributed by atoms with Gasteiger partial charge in [0.05, 0.1) is 26.8 Å². The third-order valence-corrected chi connectivity index (χ3v) is 8.28. The molecule has 0 unspecified atom stereocenters. The number of Topliss-reactive ketones (excluding diaryl/α,β-unsaturated/α-hetero) is 1. The van der Waals surface area contributed by atoms with E-state index in [0.717, 1.165) is 66.2 Å². The average molecular weight is 585 g/mol. The van der Waals surface area contributed by atoms with Crippen LogP contribution in [0.15, 0.2) is 36.5 Å². The number of anilines is 1. The highest BCUT2D eigenvalue weighted by molar-refractivity contribution is 6.37. The first-order chi connectivity index (χ1) is 18.9. The zero-order chi connectivity index (χ0) is 28.8. The van der Waals surface area contributed by atoms with Crippen molar-refractivity contribution in [1.82, 2.24) is 9.88 Å². The zero-order valence-corrected chi connectivity index (χ0v) is 24.8. The molecule has 9 heteroatoms. The van der Waals surface area contributed by atoms with Gasteiger partial charge in [-0.05, 0) is 94.7 Å². The molecule has 0 spiro atoms. The van der Waals surface area contributed by atoms with Crippen molar-refractivity contribution < 1.29 is 19.4 Å². The third kappa shape index (κ3) is 6.16. The number of fused-ring (bicyclic) bond motifs is 1. The van der Waals surface area contributed by atoms with Gasteiger partial charge in [0.25, 0.3) is 0 Å². The normalized spacial score (nSPS) is 19.4. The molecule has 0 aliphatic heterocycles. The summed E-state index contributed by atoms with van der Waals surface area (Å²) in [5.41, 5.74) is 3.25. The van der Waals surface area contributed by atoms with Crippen molar-refractivity contribution >= 4 is 51.7 Å². The Morgan fingerprint density at radius 3 is 2.25 bits per heavy atom. The summed E-state index contributed by atoms with van der Waals surface area (Å²) in [6.07, 6.45) is 6.56. The summed E-state index contributed by atoms with van der Waals surface area (Å²) in [6, 6.07) is 9.43. The van der Waals surface area contributed by atoms with E-state index in [0.29, 0.717) is 5.56 Å². The maximum atomic E-state index is 13.3. The van der Waals surface area contributed by atoms with Gasteiger partial charge in [0.2, 0.25) is 0 Å². The fourth-order valence-corrected chi connectivity index (χ4v) is 5.79. The molecule has 1 amide bonds. The second-order valence-corrected chi connectivity index (χ2v) is 12.8. The van der Waals surface area contributed by atoms with Crippen LogP contribution >= 0.6 is 23.2 Å². The van der Waals surface area contributed by atoms with E-state index < -0.39 is 5.60 Å². The minimum Gasteiger partial charge on any atom is -0.505 e. The second-order valence-electron chi connectivity index (χ2n) is 11.9. The second kappa shape index (κ2) is 11.1. The Morgan fingerprint density at radius 2 is 1.65 bits per heavy atom. The summed E-state index contributed by atoms with van der Waals surface area (Å²) in [4.78, 5) is 32.3. The highest BCUT2D eigenvalue weighted by atomic mass is 35.5. The number of ketones is 1. The number of nitrogens with zero attached hydrogens (tertiary/aromatic N) is 2. The number of aromatic nitrogens is 1. The molecule has 0 radical (unpaired) electrons. The molecule has 2 aliphatic rings. The van der Waals surface area contributed by atoms with Crippen LogP contribution in [0.3, 0.4) is 0 Å². The quantitative estimate of drug-likeness (QED) is 0.285. The Morgan fingerprint density at radius 1 is 1.00 bits per heavy atom. The largest absolute Gasteiger partial charge is 0.505 e. The number of carbonyl (C=O) groups excluding carboxylic acids is 2. The Kier molecular flexibility index (Phi) is 7.90. The van der Waals surface area contributed by atoms with Gasteiger partial charge in [-0.2, -0.15) is 0 Å². The van der Waals surface area contributed by atoms with Crippen LogP contribution in [0.5, 0.6) is 5.75 Å². The molecule has 2 saturated carbocycles. The molecule has 2 aromatic carbocycles. The van der Waals surface area contributed by atoms with Crippen LogP contribution in [0, 0.1) is 5.92 Å². The highest BCUT2D eigenvalue weighted by Crippen LogP contribution is 2.40. The van der Waals surface area contributed by atoms with E-state index in [9.17, 15) is 14.7 Å². The molecule has 7 nitrogen and oxygen atoms in total. The van der Waals surface area contributed by atoms with Crippen molar-refractivity contribution in [2.24, 2.45) is 5.92 Å². The van der Waals surface area contributed by atoms with E-state index in [-0.39, 0.29) is 45.7 Å². The lowest BCUT2D eigenvalue weighted by atomic mass is 9.89. The summed E-state index contributed by atoms with van der Waals surface area (Å²) in [5, 5.41) is 14.9. The summed E-state index contributed by atoms with van der Waals surface area (Å²) in [7, 11) is 1.80. The van der Waals surface area contributed by atoms with Gasteiger partial charge in [-0.3, -0.25) is 9.78 Å². The standard InChI is InChI=1S/C31H35Cl2N3O4/c1-31(2,3)40-30(39)36(4)21-10-8-20(9-11-21)35-27-22-13-18(19-14-24(32)29(38)25(33)15-19)7-12-26(22)34-16-23(27)28(37)17-5-6-17/h7,12-17,20-21,38H,5-6,8-11H2,1-4H3,(H,34,35). The summed E-state index contributed by atoms with van der Waals surface area (Å²) < 4.78 is 5.56. The fourth-order valence-electron chi connectivity index (χ4n) is 5.31. The maximum absolute atomic E-state index is 13.3. The van der Waals surface area contributed by atoms with Crippen molar-refractivity contribution in [2.75, 3.05) is 12.4 Å². The Hall–Kier alpha value is -3.03. The first kappa shape index (κ1) is 28.5. The van der Waals surface area contributed by atoms with Gasteiger partial charge in [-0.1, -0.05) is 29.3 Å². The van der Waals surface area contributed by atoms with Crippen molar-refractivity contribution in [2.45, 2.75) is 77.0 Å². The predicted molar refractivity (Wildman–Crippen MR) is 160 cm³/mol. The molecular formula is C31H35Cl2N3O4. The molecule has 5 rings (SSSR count). The van der Waals surface area contributed by atoms with Crippen molar-refractivity contribution in [3.63, 3.8) is 0 Å². The van der Waals surface area contributed by atoms with Crippen molar-refractivity contribution in [3.8, 4) is 16.9 Å². The van der Waals surface area contributed by atoms with Crippen LogP contribution < -0.4 is 5.32 Å². The van der Waals surface area contributed by atoms with Gasteiger partial charge in [-0.25, -0.2) is 4.79 Å². The Balaban J connectivity index is 1.43. The van der Waals surface area contributed by atoms with E-state index in [1.165, 1.54) is 0 Å². The van der Waals surface area contributed by atoms with Crippen LogP contribution in [-0.2, 0) is 4.74 Å². The SMILES string of the molecule is CN(C(=O)OC(C)(C)C)C1CCC(Nc2c(C(=O)C3CC3)cnc3ccc(-c4cc(Cl)c(O)c(Cl)c4)cc23)CC1. The average Bonchev–Trinajstić information content (AvgIpc) is 3.76. The van der Waals surface area contributed by atoms with Gasteiger partial charge < -0.3 is 20.1 Å². The molecule has 0 bridgehead atoms. The van der Waals surface area contributed by atoms with Gasteiger partial charge >= 0.3 is 6.09 Å². The van der Waals surface area contributed by atoms with Gasteiger partial charge in [-0.15, -0.1) is 0 Å². The maximum Gasteiger partial charge on any atom is 0.410 e. The summed E-state index contributed by atoms with van der Waals surface area (Å²) in [6.45, 7) is 5.61. The van der Waals surface area contributed by atoms with Crippen LogP contribution in [0.1, 0.15) is 69.7 Å². The number of aromatic hydroxyl groups is 1. The number of halogens is 2. The zero-order valence-electron chi connectivity index (χ0n) is 23.3. The number of phenolic OH excluding ortho intramolecular Hbond substituents is 1. The molecule has 0 atom stereocenters. The van der Waals surface area contributed by atoms with Crippen molar-refractivity contribution in [3.05, 3.63) is 52.1 Å². The number of carbonyl (C=O) groups is 2. The van der Waals surface area contributed by atoms with Gasteiger partial charge in [0, 0.05) is 36.6 Å². The van der Waals surface area contributed by atoms with E-state index in [1.54, 1.807) is 30.3 Å². The molecule has 1 aromatic heterocycles. The molecule has 212 valence electrons. The lowest BCUT2D eigenvalue weighted by molar-refractivity contribution is 0.0185. The molecule has 2 fully saturated rings. The molecule has 2 N–H and O–H groups in total. The molecule has 1 heterocycles. The summed E-state index contributed by atoms with van der Waals surface area (Å²) >= 11 is 12.4. The Bertz CT molecular complexity index is 1430. The first-order valence-corrected chi connectivity index (χ1v) is 14.5. The van der Waals surface area contributed by atoms with Gasteiger partial charge in [0.1, 0.15) is 5.60 Å². The van der Waals surface area contributed by atoms with Crippen LogP contribution in [0.2, 0.25) is 10.0 Å². The number of amides is 1.